The van der Waals surface area contributed by atoms with Gasteiger partial charge in [-0.2, -0.15) is 0 Å². The monoisotopic (exact) mass is 282 g/mol. The molecule has 110 valence electrons. The van der Waals surface area contributed by atoms with Crippen LogP contribution in [0.15, 0.2) is 42.5 Å². The molecule has 0 atom stereocenters. The van der Waals surface area contributed by atoms with E-state index in [-0.39, 0.29) is 5.78 Å². The lowest BCUT2D eigenvalue weighted by Gasteiger charge is -2.08. The Morgan fingerprint density at radius 1 is 1.00 bits per heavy atom. The minimum Gasteiger partial charge on any atom is -0.493 e. The molecule has 0 fully saturated rings. The van der Waals surface area contributed by atoms with Crippen LogP contribution in [0, 0.1) is 20.8 Å². The van der Waals surface area contributed by atoms with Gasteiger partial charge in [0.1, 0.15) is 11.5 Å². The van der Waals surface area contributed by atoms with Crippen molar-refractivity contribution in [2.24, 2.45) is 0 Å². The number of Topliss-reactive ketones (excluding diaryl/α,β-unsaturated/α-hetero) is 1. The highest BCUT2D eigenvalue weighted by Crippen LogP contribution is 2.14. The van der Waals surface area contributed by atoms with Crippen LogP contribution in [0.25, 0.3) is 0 Å². The number of carbonyl (C=O) groups is 1. The second-order valence-electron chi connectivity index (χ2n) is 5.56. The quantitative estimate of drug-likeness (QED) is 0.794. The van der Waals surface area contributed by atoms with Gasteiger partial charge in [-0.25, -0.2) is 0 Å². The van der Waals surface area contributed by atoms with Gasteiger partial charge in [0, 0.05) is 12.8 Å². The van der Waals surface area contributed by atoms with E-state index in [0.29, 0.717) is 19.4 Å². The van der Waals surface area contributed by atoms with Crippen LogP contribution in [-0.4, -0.2) is 12.4 Å². The van der Waals surface area contributed by atoms with Crippen LogP contribution in [-0.2, 0) is 11.2 Å². The first-order valence-electron chi connectivity index (χ1n) is 7.32. The highest BCUT2D eigenvalue weighted by Gasteiger charge is 2.07. The van der Waals surface area contributed by atoms with E-state index < -0.39 is 0 Å². The summed E-state index contributed by atoms with van der Waals surface area (Å²) in [5.74, 6) is 1.05. The summed E-state index contributed by atoms with van der Waals surface area (Å²) >= 11 is 0. The third-order valence-corrected chi connectivity index (χ3v) is 3.53. The standard InChI is InChI=1S/C19H22O2/c1-14-5-4-6-19(12-14)21-10-9-18(20)13-17-11-15(2)7-8-16(17)3/h4-8,11-12H,9-10,13H2,1-3H3. The molecule has 0 saturated carbocycles. The van der Waals surface area contributed by atoms with E-state index in [0.717, 1.165) is 16.9 Å². The first kappa shape index (κ1) is 15.3. The first-order chi connectivity index (χ1) is 10.0. The zero-order valence-electron chi connectivity index (χ0n) is 13.0. The van der Waals surface area contributed by atoms with Crippen LogP contribution in [0.2, 0.25) is 0 Å². The molecule has 21 heavy (non-hydrogen) atoms. The van der Waals surface area contributed by atoms with E-state index in [1.807, 2.05) is 45.0 Å². The molecule has 0 aliphatic carbocycles. The van der Waals surface area contributed by atoms with Crippen molar-refractivity contribution in [2.45, 2.75) is 33.6 Å². The molecule has 0 aromatic heterocycles. The summed E-state index contributed by atoms with van der Waals surface area (Å²) < 4.78 is 5.63. The number of aryl methyl sites for hydroxylation is 3. The Balaban J connectivity index is 1.84. The number of rotatable bonds is 6. The second-order valence-corrected chi connectivity index (χ2v) is 5.56. The van der Waals surface area contributed by atoms with Crippen molar-refractivity contribution in [3.8, 4) is 5.75 Å². The van der Waals surface area contributed by atoms with Gasteiger partial charge in [-0.05, 0) is 49.6 Å². The molecule has 0 aliphatic heterocycles. The van der Waals surface area contributed by atoms with E-state index in [9.17, 15) is 4.79 Å². The molecule has 0 bridgehead atoms. The smallest absolute Gasteiger partial charge is 0.140 e. The lowest BCUT2D eigenvalue weighted by molar-refractivity contribution is -0.118. The Labute approximate surface area is 126 Å². The Morgan fingerprint density at radius 3 is 2.52 bits per heavy atom. The van der Waals surface area contributed by atoms with Crippen LogP contribution >= 0.6 is 0 Å². The molecule has 0 radical (unpaired) electrons. The molecule has 0 amide bonds. The molecule has 0 spiro atoms. The fourth-order valence-electron chi connectivity index (χ4n) is 2.28. The molecular formula is C19H22O2. The average Bonchev–Trinajstić information content (AvgIpc) is 2.43. The van der Waals surface area contributed by atoms with Crippen molar-refractivity contribution in [1.29, 1.82) is 0 Å². The van der Waals surface area contributed by atoms with Gasteiger partial charge >= 0.3 is 0 Å². The highest BCUT2D eigenvalue weighted by atomic mass is 16.5. The Bertz CT molecular complexity index is 629. The summed E-state index contributed by atoms with van der Waals surface area (Å²) in [5.41, 5.74) is 4.65. The summed E-state index contributed by atoms with van der Waals surface area (Å²) in [6.07, 6.45) is 0.937. The maximum absolute atomic E-state index is 12.1. The zero-order chi connectivity index (χ0) is 15.2. The van der Waals surface area contributed by atoms with Crippen LogP contribution < -0.4 is 4.74 Å². The number of benzene rings is 2. The van der Waals surface area contributed by atoms with Gasteiger partial charge in [0.05, 0.1) is 6.61 Å². The minimum absolute atomic E-state index is 0.219. The third kappa shape index (κ3) is 4.75. The maximum atomic E-state index is 12.1. The van der Waals surface area contributed by atoms with Crippen molar-refractivity contribution in [2.75, 3.05) is 6.61 Å². The maximum Gasteiger partial charge on any atom is 0.140 e. The van der Waals surface area contributed by atoms with Gasteiger partial charge in [0.15, 0.2) is 0 Å². The molecule has 2 aromatic rings. The lowest BCUT2D eigenvalue weighted by atomic mass is 10.00. The van der Waals surface area contributed by atoms with Gasteiger partial charge < -0.3 is 4.74 Å². The molecule has 2 rings (SSSR count). The summed E-state index contributed by atoms with van der Waals surface area (Å²) in [6.45, 7) is 6.56. The van der Waals surface area contributed by atoms with E-state index in [1.54, 1.807) is 0 Å². The highest BCUT2D eigenvalue weighted by molar-refractivity contribution is 5.81. The number of carbonyl (C=O) groups excluding carboxylic acids is 1. The summed E-state index contributed by atoms with van der Waals surface area (Å²) in [4.78, 5) is 12.1. The predicted molar refractivity (Wildman–Crippen MR) is 85.9 cm³/mol. The SMILES string of the molecule is Cc1cccc(OCCC(=O)Cc2cc(C)ccc2C)c1. The van der Waals surface area contributed by atoms with E-state index in [1.165, 1.54) is 11.1 Å². The van der Waals surface area contributed by atoms with Crippen molar-refractivity contribution in [1.82, 2.24) is 0 Å². The number of ketones is 1. The first-order valence-corrected chi connectivity index (χ1v) is 7.32. The second kappa shape index (κ2) is 7.07. The van der Waals surface area contributed by atoms with Crippen LogP contribution in [0.1, 0.15) is 28.7 Å². The Kier molecular flexibility index (Phi) is 5.15. The zero-order valence-corrected chi connectivity index (χ0v) is 13.0. The summed E-state index contributed by atoms with van der Waals surface area (Å²) in [6, 6.07) is 14.1. The average molecular weight is 282 g/mol. The molecule has 0 aliphatic rings. The fraction of sp³-hybridized carbons (Fsp3) is 0.316. The van der Waals surface area contributed by atoms with Gasteiger partial charge in [-0.1, -0.05) is 35.9 Å². The van der Waals surface area contributed by atoms with Crippen LogP contribution in [0.4, 0.5) is 0 Å². The molecular weight excluding hydrogens is 260 g/mol. The van der Waals surface area contributed by atoms with Gasteiger partial charge in [0.2, 0.25) is 0 Å². The van der Waals surface area contributed by atoms with Gasteiger partial charge in [0.25, 0.3) is 0 Å². The minimum atomic E-state index is 0.219. The number of hydrogen-bond acceptors (Lipinski definition) is 2. The summed E-state index contributed by atoms with van der Waals surface area (Å²) in [7, 11) is 0. The topological polar surface area (TPSA) is 26.3 Å². The molecule has 0 unspecified atom stereocenters. The van der Waals surface area contributed by atoms with Crippen LogP contribution in [0.3, 0.4) is 0 Å². The normalized spacial score (nSPS) is 10.4. The van der Waals surface area contributed by atoms with Crippen molar-refractivity contribution in [3.63, 3.8) is 0 Å². The molecule has 0 N–H and O–H groups in total. The third-order valence-electron chi connectivity index (χ3n) is 3.53. The molecule has 2 heteroatoms. The molecule has 2 aromatic carbocycles. The van der Waals surface area contributed by atoms with Crippen molar-refractivity contribution >= 4 is 5.78 Å². The van der Waals surface area contributed by atoms with Gasteiger partial charge in [-0.3, -0.25) is 4.79 Å². The lowest BCUT2D eigenvalue weighted by Crippen LogP contribution is -2.09. The number of hydrogen-bond donors (Lipinski definition) is 0. The summed E-state index contributed by atoms with van der Waals surface area (Å²) in [5, 5.41) is 0. The van der Waals surface area contributed by atoms with E-state index in [4.69, 9.17) is 4.74 Å². The van der Waals surface area contributed by atoms with Crippen LogP contribution in [0.5, 0.6) is 5.75 Å². The van der Waals surface area contributed by atoms with Gasteiger partial charge in [-0.15, -0.1) is 0 Å². The van der Waals surface area contributed by atoms with E-state index in [2.05, 4.69) is 18.2 Å². The number of ether oxygens (including phenoxy) is 1. The largest absolute Gasteiger partial charge is 0.493 e. The molecule has 2 nitrogen and oxygen atoms in total. The van der Waals surface area contributed by atoms with E-state index >= 15 is 0 Å². The molecule has 0 heterocycles. The molecule has 0 saturated heterocycles. The fourth-order valence-corrected chi connectivity index (χ4v) is 2.28. The Morgan fingerprint density at radius 2 is 1.76 bits per heavy atom. The van der Waals surface area contributed by atoms with Crippen molar-refractivity contribution in [3.05, 3.63) is 64.7 Å². The Hall–Kier alpha value is -2.09. The van der Waals surface area contributed by atoms with Crippen molar-refractivity contribution < 1.29 is 9.53 Å². The predicted octanol–water partition coefficient (Wildman–Crippen LogP) is 4.19.